The van der Waals surface area contributed by atoms with Crippen LogP contribution in [0.1, 0.15) is 39.6 Å². The lowest BCUT2D eigenvalue weighted by atomic mass is 10.1. The second-order valence-electron chi connectivity index (χ2n) is 6.16. The monoisotopic (exact) mass is 341 g/mol. The highest BCUT2D eigenvalue weighted by Crippen LogP contribution is 2.42. The average Bonchev–Trinajstić information content (AvgIpc) is 3.20. The number of nitrogens with one attached hydrogen (secondary N) is 1. The van der Waals surface area contributed by atoms with Crippen molar-refractivity contribution in [3.05, 3.63) is 45.9 Å². The molecule has 0 atom stereocenters. The number of imidazole rings is 1. The summed E-state index contributed by atoms with van der Waals surface area (Å²) in [6, 6.07) is 5.85. The summed E-state index contributed by atoms with van der Waals surface area (Å²) in [6.07, 6.45) is 4.28. The summed E-state index contributed by atoms with van der Waals surface area (Å²) in [4.78, 5) is 18.2. The van der Waals surface area contributed by atoms with Crippen molar-refractivity contribution in [1.82, 2.24) is 14.9 Å². The van der Waals surface area contributed by atoms with Crippen LogP contribution in [0.2, 0.25) is 0 Å². The number of ether oxygens (including phenoxy) is 1. The Bertz CT molecular complexity index is 908. The first-order valence-corrected chi connectivity index (χ1v) is 8.89. The molecule has 1 aliphatic carbocycles. The van der Waals surface area contributed by atoms with Gasteiger partial charge in [-0.1, -0.05) is 0 Å². The Hall–Kier alpha value is -2.34. The average molecular weight is 341 g/mol. The predicted octanol–water partition coefficient (Wildman–Crippen LogP) is 3.45. The van der Waals surface area contributed by atoms with Crippen LogP contribution in [0.5, 0.6) is 5.75 Å². The number of carbonyl (C=O) groups excluding carboxylic acids is 1. The van der Waals surface area contributed by atoms with Crippen LogP contribution in [-0.2, 0) is 13.6 Å². The normalized spacial score (nSPS) is 14.1. The quantitative estimate of drug-likeness (QED) is 0.773. The van der Waals surface area contributed by atoms with Gasteiger partial charge in [-0.05, 0) is 37.0 Å². The summed E-state index contributed by atoms with van der Waals surface area (Å²) in [5.41, 5.74) is 3.58. The molecule has 0 unspecified atom stereocenters. The fraction of sp³-hybridized carbons (Fsp3) is 0.333. The first kappa shape index (κ1) is 15.2. The molecule has 0 aliphatic heterocycles. The summed E-state index contributed by atoms with van der Waals surface area (Å²) in [6.45, 7) is 0.410. The van der Waals surface area contributed by atoms with Crippen LogP contribution >= 0.6 is 11.3 Å². The van der Waals surface area contributed by atoms with Crippen LogP contribution < -0.4 is 10.1 Å². The Labute approximate surface area is 144 Å². The van der Waals surface area contributed by atoms with E-state index >= 15 is 0 Å². The zero-order valence-corrected chi connectivity index (χ0v) is 14.5. The molecule has 0 radical (unpaired) electrons. The molecule has 1 amide bonds. The Morgan fingerprint density at radius 1 is 1.46 bits per heavy atom. The number of thiophene rings is 1. The predicted molar refractivity (Wildman–Crippen MR) is 94.7 cm³/mol. The molecule has 0 saturated heterocycles. The lowest BCUT2D eigenvalue weighted by Crippen LogP contribution is -2.23. The first-order valence-electron chi connectivity index (χ1n) is 8.01. The second-order valence-corrected chi connectivity index (χ2v) is 7.11. The van der Waals surface area contributed by atoms with Gasteiger partial charge in [0, 0.05) is 29.4 Å². The largest absolute Gasteiger partial charge is 0.496 e. The molecule has 124 valence electrons. The van der Waals surface area contributed by atoms with Crippen LogP contribution in [0.15, 0.2) is 29.9 Å². The van der Waals surface area contributed by atoms with E-state index in [1.54, 1.807) is 24.8 Å². The maximum atomic E-state index is 12.5. The van der Waals surface area contributed by atoms with E-state index in [4.69, 9.17) is 4.74 Å². The van der Waals surface area contributed by atoms with Gasteiger partial charge in [-0.25, -0.2) is 4.98 Å². The van der Waals surface area contributed by atoms with E-state index in [2.05, 4.69) is 10.3 Å². The van der Waals surface area contributed by atoms with Gasteiger partial charge in [0.05, 0.1) is 30.0 Å². The van der Waals surface area contributed by atoms with Crippen molar-refractivity contribution in [2.45, 2.75) is 25.3 Å². The van der Waals surface area contributed by atoms with E-state index in [1.807, 2.05) is 35.2 Å². The van der Waals surface area contributed by atoms with Crippen LogP contribution in [0.4, 0.5) is 0 Å². The molecule has 3 aromatic rings. The van der Waals surface area contributed by atoms with Crippen LogP contribution in [0, 0.1) is 0 Å². The summed E-state index contributed by atoms with van der Waals surface area (Å²) < 4.78 is 7.42. The minimum absolute atomic E-state index is 0.0422. The molecule has 1 fully saturated rings. The first-order chi connectivity index (χ1) is 11.7. The molecule has 2 heterocycles. The summed E-state index contributed by atoms with van der Waals surface area (Å²) in [5, 5.41) is 4.97. The van der Waals surface area contributed by atoms with E-state index in [0.29, 0.717) is 12.5 Å². The molecule has 6 heteroatoms. The van der Waals surface area contributed by atoms with Crippen molar-refractivity contribution in [2.75, 3.05) is 7.11 Å². The Kier molecular flexibility index (Phi) is 3.76. The third-order valence-electron chi connectivity index (χ3n) is 4.45. The molecular weight excluding hydrogens is 322 g/mol. The van der Waals surface area contributed by atoms with Gasteiger partial charge in [0.15, 0.2) is 0 Å². The molecule has 5 nitrogen and oxygen atoms in total. The van der Waals surface area contributed by atoms with E-state index in [-0.39, 0.29) is 5.91 Å². The number of amides is 1. The SMILES string of the molecule is COc1ccc2ncn(C)c2c1CNC(=O)c1csc(C2CC2)c1. The molecule has 4 rings (SSSR count). The van der Waals surface area contributed by atoms with Gasteiger partial charge in [0.2, 0.25) is 0 Å². The maximum Gasteiger partial charge on any atom is 0.252 e. The smallest absolute Gasteiger partial charge is 0.252 e. The van der Waals surface area contributed by atoms with Crippen molar-refractivity contribution in [2.24, 2.45) is 7.05 Å². The van der Waals surface area contributed by atoms with Crippen molar-refractivity contribution < 1.29 is 9.53 Å². The highest BCUT2D eigenvalue weighted by Gasteiger charge is 2.26. The van der Waals surface area contributed by atoms with Gasteiger partial charge in [-0.3, -0.25) is 4.79 Å². The second kappa shape index (κ2) is 5.94. The summed E-state index contributed by atoms with van der Waals surface area (Å²) in [7, 11) is 3.59. The minimum atomic E-state index is -0.0422. The molecule has 1 N–H and O–H groups in total. The molecule has 0 bridgehead atoms. The fourth-order valence-electron chi connectivity index (χ4n) is 3.00. The van der Waals surface area contributed by atoms with Crippen molar-refractivity contribution >= 4 is 28.3 Å². The van der Waals surface area contributed by atoms with Crippen molar-refractivity contribution in [3.8, 4) is 5.75 Å². The molecule has 1 aliphatic rings. The Balaban J connectivity index is 1.57. The molecule has 0 spiro atoms. The lowest BCUT2D eigenvalue weighted by molar-refractivity contribution is 0.0951. The summed E-state index contributed by atoms with van der Waals surface area (Å²) in [5.74, 6) is 1.40. The third-order valence-corrected chi connectivity index (χ3v) is 5.54. The molecule has 1 aromatic carbocycles. The number of hydrogen-bond acceptors (Lipinski definition) is 4. The van der Waals surface area contributed by atoms with Gasteiger partial charge in [-0.2, -0.15) is 0 Å². The van der Waals surface area contributed by atoms with Crippen molar-refractivity contribution in [3.63, 3.8) is 0 Å². The number of hydrogen-bond donors (Lipinski definition) is 1. The van der Waals surface area contributed by atoms with Gasteiger partial charge in [-0.15, -0.1) is 11.3 Å². The summed E-state index contributed by atoms with van der Waals surface area (Å²) >= 11 is 1.68. The number of methoxy groups -OCH3 is 1. The van der Waals surface area contributed by atoms with Crippen LogP contribution in [0.25, 0.3) is 11.0 Å². The number of aryl methyl sites for hydroxylation is 1. The number of fused-ring (bicyclic) bond motifs is 1. The third kappa shape index (κ3) is 2.67. The van der Waals surface area contributed by atoms with E-state index in [1.165, 1.54) is 17.7 Å². The van der Waals surface area contributed by atoms with E-state index < -0.39 is 0 Å². The van der Waals surface area contributed by atoms with E-state index in [9.17, 15) is 4.79 Å². The number of benzene rings is 1. The fourth-order valence-corrected chi connectivity index (χ4v) is 4.06. The number of aromatic nitrogens is 2. The highest BCUT2D eigenvalue weighted by atomic mass is 32.1. The van der Waals surface area contributed by atoms with Crippen LogP contribution in [0.3, 0.4) is 0 Å². The van der Waals surface area contributed by atoms with Crippen LogP contribution in [-0.4, -0.2) is 22.6 Å². The molecular formula is C18H19N3O2S. The van der Waals surface area contributed by atoms with Crippen molar-refractivity contribution in [1.29, 1.82) is 0 Å². The molecule has 1 saturated carbocycles. The minimum Gasteiger partial charge on any atom is -0.496 e. The Morgan fingerprint density at radius 3 is 3.04 bits per heavy atom. The lowest BCUT2D eigenvalue weighted by Gasteiger charge is -2.12. The zero-order chi connectivity index (χ0) is 16.7. The highest BCUT2D eigenvalue weighted by molar-refractivity contribution is 7.10. The zero-order valence-electron chi connectivity index (χ0n) is 13.7. The van der Waals surface area contributed by atoms with E-state index in [0.717, 1.165) is 27.9 Å². The van der Waals surface area contributed by atoms with Gasteiger partial charge < -0.3 is 14.6 Å². The molecule has 2 aromatic heterocycles. The topological polar surface area (TPSA) is 56.1 Å². The maximum absolute atomic E-state index is 12.5. The van der Waals surface area contributed by atoms with Gasteiger partial charge >= 0.3 is 0 Å². The van der Waals surface area contributed by atoms with Gasteiger partial charge in [0.25, 0.3) is 5.91 Å². The molecule has 24 heavy (non-hydrogen) atoms. The standard InChI is InChI=1S/C18H19N3O2S/c1-21-10-20-14-5-6-15(23-2)13(17(14)21)8-19-18(22)12-7-16(24-9-12)11-3-4-11/h5-7,9-11H,3-4,8H2,1-2H3,(H,19,22). The Morgan fingerprint density at radius 2 is 2.29 bits per heavy atom. The van der Waals surface area contributed by atoms with Gasteiger partial charge in [0.1, 0.15) is 5.75 Å². The number of rotatable bonds is 5. The number of nitrogens with zero attached hydrogens (tertiary/aromatic N) is 2. The number of carbonyl (C=O) groups is 1.